The first kappa shape index (κ1) is 10.4. The fourth-order valence-corrected chi connectivity index (χ4v) is 1.36. The predicted molar refractivity (Wildman–Crippen MR) is 55.9 cm³/mol. The molecule has 3 N–H and O–H groups in total. The van der Waals surface area contributed by atoms with Gasteiger partial charge in [0, 0.05) is 0 Å². The molecular formula is C8H7Cl2N3O2. The molecule has 1 aliphatic rings. The van der Waals surface area contributed by atoms with Crippen LogP contribution in [0.15, 0.2) is 30.2 Å². The molecule has 1 aliphatic heterocycles. The van der Waals surface area contributed by atoms with E-state index in [9.17, 15) is 0 Å². The summed E-state index contributed by atoms with van der Waals surface area (Å²) in [7, 11) is 0. The number of nitrogens with two attached hydrogens (primary N) is 1. The lowest BCUT2D eigenvalue weighted by Gasteiger charge is -2.15. The van der Waals surface area contributed by atoms with Crippen molar-refractivity contribution in [3.8, 4) is 0 Å². The highest BCUT2D eigenvalue weighted by Crippen LogP contribution is 2.29. The average molecular weight is 248 g/mol. The van der Waals surface area contributed by atoms with Crippen molar-refractivity contribution < 1.29 is 10.1 Å². The minimum atomic E-state index is 0.0704. The Bertz CT molecular complexity index is 424. The summed E-state index contributed by atoms with van der Waals surface area (Å²) >= 11 is 11.6. The third-order valence-electron chi connectivity index (χ3n) is 1.79. The van der Waals surface area contributed by atoms with E-state index < -0.39 is 0 Å². The molecule has 5 nitrogen and oxygen atoms in total. The highest BCUT2D eigenvalue weighted by atomic mass is 35.5. The maximum atomic E-state index is 9.07. The van der Waals surface area contributed by atoms with Crippen LogP contribution in [0.3, 0.4) is 0 Å². The Labute approximate surface area is 95.7 Å². The van der Waals surface area contributed by atoms with Crippen LogP contribution in [0.2, 0.25) is 10.0 Å². The summed E-state index contributed by atoms with van der Waals surface area (Å²) in [4.78, 5) is 4.86. The summed E-state index contributed by atoms with van der Waals surface area (Å²) in [5.74, 6) is 0.0704. The second-order valence-corrected chi connectivity index (χ2v) is 3.65. The second-order valence-electron chi connectivity index (χ2n) is 2.83. The number of hydroxylamine groups is 3. The molecule has 1 heterocycles. The Morgan fingerprint density at radius 3 is 2.53 bits per heavy atom. The van der Waals surface area contributed by atoms with Crippen LogP contribution in [0.25, 0.3) is 0 Å². The maximum Gasteiger partial charge on any atom is 0.176 e. The molecule has 0 spiro atoms. The van der Waals surface area contributed by atoms with Gasteiger partial charge in [-0.3, -0.25) is 5.21 Å². The Balaban J connectivity index is 2.28. The van der Waals surface area contributed by atoms with E-state index in [1.807, 2.05) is 0 Å². The summed E-state index contributed by atoms with van der Waals surface area (Å²) < 4.78 is 0. The van der Waals surface area contributed by atoms with Crippen molar-refractivity contribution in [1.29, 1.82) is 0 Å². The highest BCUT2D eigenvalue weighted by Gasteiger charge is 2.20. The Morgan fingerprint density at radius 2 is 2.00 bits per heavy atom. The van der Waals surface area contributed by atoms with Gasteiger partial charge in [0.05, 0.1) is 21.9 Å². The first-order valence-corrected chi connectivity index (χ1v) is 4.72. The number of halogens is 2. The number of nitrogens with zero attached hydrogens (tertiary/aromatic N) is 2. The summed E-state index contributed by atoms with van der Waals surface area (Å²) in [5.41, 5.74) is 5.99. The van der Waals surface area contributed by atoms with Crippen LogP contribution in [0.5, 0.6) is 0 Å². The van der Waals surface area contributed by atoms with Gasteiger partial charge < -0.3 is 5.73 Å². The molecule has 2 rings (SSSR count). The van der Waals surface area contributed by atoms with E-state index in [-0.39, 0.29) is 5.82 Å². The summed E-state index contributed by atoms with van der Waals surface area (Å²) in [6, 6.07) is 4.89. The fourth-order valence-electron chi connectivity index (χ4n) is 1.07. The zero-order valence-electron chi connectivity index (χ0n) is 7.39. The minimum absolute atomic E-state index is 0.0704. The van der Waals surface area contributed by atoms with E-state index in [2.05, 4.69) is 0 Å². The van der Waals surface area contributed by atoms with Gasteiger partial charge in [0.25, 0.3) is 0 Å². The zero-order valence-corrected chi connectivity index (χ0v) is 8.90. The molecule has 0 unspecified atom stereocenters. The molecule has 0 saturated heterocycles. The van der Waals surface area contributed by atoms with Gasteiger partial charge in [-0.15, -0.1) is 4.94 Å². The predicted octanol–water partition coefficient (Wildman–Crippen LogP) is 2.11. The van der Waals surface area contributed by atoms with Crippen molar-refractivity contribution in [2.24, 2.45) is 5.73 Å². The Hall–Kier alpha value is -1.14. The smallest absolute Gasteiger partial charge is 0.176 e. The summed E-state index contributed by atoms with van der Waals surface area (Å²) in [6.45, 7) is 0. The third kappa shape index (κ3) is 1.95. The van der Waals surface area contributed by atoms with Crippen molar-refractivity contribution in [3.63, 3.8) is 0 Å². The number of anilines is 1. The zero-order chi connectivity index (χ0) is 11.0. The van der Waals surface area contributed by atoms with Crippen molar-refractivity contribution >= 4 is 28.9 Å². The summed E-state index contributed by atoms with van der Waals surface area (Å²) in [5, 5.41) is 11.6. The average Bonchev–Trinajstić information content (AvgIpc) is 2.52. The second kappa shape index (κ2) is 3.79. The van der Waals surface area contributed by atoms with Gasteiger partial charge in [-0.1, -0.05) is 28.4 Å². The topological polar surface area (TPSA) is 62.0 Å². The SMILES string of the molecule is NC1=CN(c2ccc(Cl)c(Cl)c2)ON1O. The largest absolute Gasteiger partial charge is 0.380 e. The Kier molecular flexibility index (Phi) is 2.62. The molecule has 0 aliphatic carbocycles. The van der Waals surface area contributed by atoms with Gasteiger partial charge >= 0.3 is 0 Å². The van der Waals surface area contributed by atoms with E-state index in [1.54, 1.807) is 18.2 Å². The van der Waals surface area contributed by atoms with Crippen LogP contribution in [-0.4, -0.2) is 10.4 Å². The standard InChI is InChI=1S/C8H7Cl2N3O2/c9-6-2-1-5(3-7(6)10)12-4-8(11)13(14)15-12/h1-4,14H,11H2. The molecule has 0 saturated carbocycles. The van der Waals surface area contributed by atoms with Crippen LogP contribution >= 0.6 is 23.2 Å². The molecule has 0 amide bonds. The lowest BCUT2D eigenvalue weighted by atomic mass is 10.3. The van der Waals surface area contributed by atoms with Crippen LogP contribution < -0.4 is 10.8 Å². The minimum Gasteiger partial charge on any atom is -0.380 e. The number of hydrogen-bond acceptors (Lipinski definition) is 5. The molecule has 15 heavy (non-hydrogen) atoms. The van der Waals surface area contributed by atoms with Crippen molar-refractivity contribution in [3.05, 3.63) is 40.3 Å². The van der Waals surface area contributed by atoms with E-state index in [0.717, 1.165) is 0 Å². The van der Waals surface area contributed by atoms with E-state index in [1.165, 1.54) is 11.3 Å². The monoisotopic (exact) mass is 247 g/mol. The lowest BCUT2D eigenvalue weighted by molar-refractivity contribution is -0.304. The molecular weight excluding hydrogens is 241 g/mol. The van der Waals surface area contributed by atoms with E-state index in [4.69, 9.17) is 39.1 Å². The lowest BCUT2D eigenvalue weighted by Crippen LogP contribution is -2.22. The first-order chi connectivity index (χ1) is 7.08. The molecule has 1 aromatic rings. The molecule has 7 heteroatoms. The highest BCUT2D eigenvalue weighted by molar-refractivity contribution is 6.42. The van der Waals surface area contributed by atoms with Crippen LogP contribution in [-0.2, 0) is 4.94 Å². The molecule has 80 valence electrons. The van der Waals surface area contributed by atoms with Crippen LogP contribution in [0.1, 0.15) is 0 Å². The Morgan fingerprint density at radius 1 is 1.27 bits per heavy atom. The molecule has 0 aromatic heterocycles. The molecule has 0 fully saturated rings. The number of hydrogen-bond donors (Lipinski definition) is 2. The van der Waals surface area contributed by atoms with Crippen molar-refractivity contribution in [2.45, 2.75) is 0 Å². The molecule has 0 bridgehead atoms. The normalized spacial score (nSPS) is 15.8. The van der Waals surface area contributed by atoms with Gasteiger partial charge in [-0.05, 0) is 18.2 Å². The number of benzene rings is 1. The summed E-state index contributed by atoms with van der Waals surface area (Å²) in [6.07, 6.45) is 1.40. The van der Waals surface area contributed by atoms with Gasteiger partial charge in [-0.2, -0.15) is 5.06 Å². The van der Waals surface area contributed by atoms with Gasteiger partial charge in [-0.25, -0.2) is 0 Å². The number of rotatable bonds is 1. The van der Waals surface area contributed by atoms with E-state index in [0.29, 0.717) is 21.0 Å². The van der Waals surface area contributed by atoms with Crippen LogP contribution in [0, 0.1) is 0 Å². The van der Waals surface area contributed by atoms with Crippen molar-refractivity contribution in [1.82, 2.24) is 5.23 Å². The van der Waals surface area contributed by atoms with Gasteiger partial charge in [0.2, 0.25) is 0 Å². The van der Waals surface area contributed by atoms with Crippen LogP contribution in [0.4, 0.5) is 5.69 Å². The van der Waals surface area contributed by atoms with E-state index >= 15 is 0 Å². The van der Waals surface area contributed by atoms with Crippen molar-refractivity contribution in [2.75, 3.05) is 5.06 Å². The van der Waals surface area contributed by atoms with Gasteiger partial charge in [0.1, 0.15) is 0 Å². The third-order valence-corrected chi connectivity index (χ3v) is 2.53. The molecule has 0 radical (unpaired) electrons. The fraction of sp³-hybridized carbons (Fsp3) is 0. The first-order valence-electron chi connectivity index (χ1n) is 3.96. The maximum absolute atomic E-state index is 9.07. The van der Waals surface area contributed by atoms with Gasteiger partial charge in [0.15, 0.2) is 5.82 Å². The quantitative estimate of drug-likeness (QED) is 0.796. The molecule has 0 atom stereocenters. The molecule has 1 aromatic carbocycles.